The number of rotatable bonds is 4. The molecule has 5 rings (SSSR count). The average Bonchev–Trinajstić information content (AvgIpc) is 3.13. The fraction of sp³-hybridized carbons (Fsp3) is 0.148. The van der Waals surface area contributed by atoms with Gasteiger partial charge in [-0.15, -0.1) is 0 Å². The minimum atomic E-state index is -0.558. The van der Waals surface area contributed by atoms with Crippen LogP contribution < -0.4 is 0 Å². The molecule has 0 unspecified atom stereocenters. The van der Waals surface area contributed by atoms with Gasteiger partial charge in [-0.2, -0.15) is 0 Å². The van der Waals surface area contributed by atoms with Crippen LogP contribution in [0.4, 0.5) is 5.69 Å². The van der Waals surface area contributed by atoms with Crippen LogP contribution in [0.5, 0.6) is 0 Å². The van der Waals surface area contributed by atoms with Crippen molar-refractivity contribution in [1.29, 1.82) is 0 Å². The van der Waals surface area contributed by atoms with Crippen molar-refractivity contribution >= 4 is 23.5 Å². The molecule has 0 amide bonds. The Morgan fingerprint density at radius 3 is 2.38 bits per heavy atom. The summed E-state index contributed by atoms with van der Waals surface area (Å²) < 4.78 is 1.94. The van der Waals surface area contributed by atoms with Crippen LogP contribution in [0.25, 0.3) is 5.69 Å². The van der Waals surface area contributed by atoms with E-state index in [0.29, 0.717) is 22.5 Å². The normalized spacial score (nSPS) is 19.2. The number of ketones is 2. The van der Waals surface area contributed by atoms with Gasteiger partial charge in [0.05, 0.1) is 28.1 Å². The van der Waals surface area contributed by atoms with Gasteiger partial charge in [0.15, 0.2) is 11.6 Å². The third-order valence-corrected chi connectivity index (χ3v) is 6.40. The summed E-state index contributed by atoms with van der Waals surface area (Å²) in [6.45, 7) is 3.85. The molecule has 0 N–H and O–H groups in total. The number of carbonyl (C=O) groups excluding carboxylic acids is 2. The molecule has 0 bridgehead atoms. The number of fused-ring (bicyclic) bond motifs is 2. The Balaban J connectivity index is 1.45. The van der Waals surface area contributed by atoms with Crippen molar-refractivity contribution in [3.05, 3.63) is 117 Å². The average molecular weight is 451 g/mol. The molecule has 2 aliphatic carbocycles. The molecule has 1 heterocycles. The van der Waals surface area contributed by atoms with Crippen molar-refractivity contribution in [2.75, 3.05) is 0 Å². The van der Waals surface area contributed by atoms with Crippen LogP contribution in [0.15, 0.2) is 83.5 Å². The lowest BCUT2D eigenvalue weighted by molar-refractivity contribution is -0.384. The summed E-state index contributed by atoms with van der Waals surface area (Å²) in [5, 5.41) is 11.2. The smallest absolute Gasteiger partial charge is 0.271 e. The summed E-state index contributed by atoms with van der Waals surface area (Å²) >= 11 is 0. The van der Waals surface area contributed by atoms with Crippen molar-refractivity contribution in [3.63, 3.8) is 0 Å². The van der Waals surface area contributed by atoms with Crippen LogP contribution in [0.1, 0.15) is 37.7 Å². The van der Waals surface area contributed by atoms with Gasteiger partial charge in [0, 0.05) is 46.4 Å². The van der Waals surface area contributed by atoms with E-state index in [-0.39, 0.29) is 17.3 Å². The maximum atomic E-state index is 13.0. The molecule has 7 nitrogen and oxygen atoms in total. The van der Waals surface area contributed by atoms with E-state index in [4.69, 9.17) is 0 Å². The summed E-state index contributed by atoms with van der Waals surface area (Å²) in [4.78, 5) is 41.2. The number of allylic oxidation sites excluding steroid dienone is 3. The fourth-order valence-electron chi connectivity index (χ4n) is 4.72. The monoisotopic (exact) mass is 451 g/mol. The Hall–Kier alpha value is -4.39. The largest absolute Gasteiger partial charge is 0.318 e. The van der Waals surface area contributed by atoms with Crippen molar-refractivity contribution in [3.8, 4) is 5.69 Å². The van der Waals surface area contributed by atoms with Gasteiger partial charge in [0.1, 0.15) is 0 Å². The van der Waals surface area contributed by atoms with Crippen molar-refractivity contribution < 1.29 is 14.5 Å². The van der Waals surface area contributed by atoms with Crippen LogP contribution in [-0.4, -0.2) is 27.3 Å². The highest BCUT2D eigenvalue weighted by Gasteiger charge is 2.40. The van der Waals surface area contributed by atoms with Crippen molar-refractivity contribution in [2.45, 2.75) is 13.8 Å². The van der Waals surface area contributed by atoms with E-state index in [9.17, 15) is 19.7 Å². The zero-order valence-electron chi connectivity index (χ0n) is 18.6. The third-order valence-electron chi connectivity index (χ3n) is 6.40. The van der Waals surface area contributed by atoms with Gasteiger partial charge in [0.2, 0.25) is 0 Å². The van der Waals surface area contributed by atoms with Crippen LogP contribution in [0, 0.1) is 35.8 Å². The Labute approximate surface area is 195 Å². The number of benzene rings is 2. The number of aliphatic imine (C=N–C) groups is 1. The molecule has 0 radical (unpaired) electrons. The predicted molar refractivity (Wildman–Crippen MR) is 129 cm³/mol. The lowest BCUT2D eigenvalue weighted by Gasteiger charge is -2.28. The van der Waals surface area contributed by atoms with Crippen LogP contribution >= 0.6 is 0 Å². The standard InChI is InChI=1S/C27H21N3O4/c1-16-12-18(17(2)29(16)20-6-5-7-21(14-20)30(33)34)15-28-19-10-11-24-25(13-19)27(32)23-9-4-3-8-22(23)26(24)31/h3-15,24-25H,1-2H3/t24-,25-/m1/s1. The third kappa shape index (κ3) is 3.51. The number of nitrogens with zero attached hydrogens (tertiary/aromatic N) is 3. The Morgan fingerprint density at radius 1 is 0.971 bits per heavy atom. The number of non-ortho nitro benzene ring substituents is 1. The van der Waals surface area contributed by atoms with Gasteiger partial charge < -0.3 is 4.57 Å². The van der Waals surface area contributed by atoms with Crippen molar-refractivity contribution in [2.24, 2.45) is 16.8 Å². The highest BCUT2D eigenvalue weighted by atomic mass is 16.6. The van der Waals surface area contributed by atoms with E-state index in [1.54, 1.807) is 54.8 Å². The lowest BCUT2D eigenvalue weighted by atomic mass is 9.72. The second kappa shape index (κ2) is 8.19. The molecule has 0 spiro atoms. The SMILES string of the molecule is Cc1cc(C=NC2=C[C@H]3C(=O)c4ccccc4C(=O)[C@@H]3C=C2)c(C)n1-c1cccc([N+](=O)[O-])c1. The maximum Gasteiger partial charge on any atom is 0.271 e. The van der Waals surface area contributed by atoms with E-state index in [2.05, 4.69) is 4.99 Å². The van der Waals surface area contributed by atoms with Gasteiger partial charge in [-0.3, -0.25) is 24.7 Å². The molecule has 7 heteroatoms. The molecule has 1 aromatic heterocycles. The Bertz CT molecular complexity index is 1460. The first-order valence-corrected chi connectivity index (χ1v) is 10.9. The summed E-state index contributed by atoms with van der Waals surface area (Å²) in [5.41, 5.74) is 4.94. The topological polar surface area (TPSA) is 94.6 Å². The van der Waals surface area contributed by atoms with Crippen LogP contribution in [0.3, 0.4) is 0 Å². The molecular formula is C27H21N3O4. The highest BCUT2D eigenvalue weighted by Crippen LogP contribution is 2.35. The number of aromatic nitrogens is 1. The van der Waals surface area contributed by atoms with Gasteiger partial charge >= 0.3 is 0 Å². The fourth-order valence-corrected chi connectivity index (χ4v) is 4.72. The first kappa shape index (κ1) is 21.5. The Kier molecular flexibility index (Phi) is 5.17. The van der Waals surface area contributed by atoms with E-state index >= 15 is 0 Å². The molecular weight excluding hydrogens is 430 g/mol. The highest BCUT2D eigenvalue weighted by molar-refractivity contribution is 6.17. The number of hydrogen-bond donors (Lipinski definition) is 0. The summed E-state index contributed by atoms with van der Waals surface area (Å²) in [6, 6.07) is 15.4. The maximum absolute atomic E-state index is 13.0. The summed E-state index contributed by atoms with van der Waals surface area (Å²) in [5.74, 6) is -1.17. The minimum Gasteiger partial charge on any atom is -0.318 e. The van der Waals surface area contributed by atoms with Crippen LogP contribution in [0.2, 0.25) is 0 Å². The molecule has 0 saturated carbocycles. The molecule has 0 saturated heterocycles. The Morgan fingerprint density at radius 2 is 1.68 bits per heavy atom. The number of nitro groups is 1. The molecule has 168 valence electrons. The lowest BCUT2D eigenvalue weighted by Crippen LogP contribution is -2.35. The molecule has 34 heavy (non-hydrogen) atoms. The molecule has 0 fully saturated rings. The first-order chi connectivity index (χ1) is 16.3. The molecule has 2 atom stereocenters. The zero-order valence-corrected chi connectivity index (χ0v) is 18.6. The van der Waals surface area contributed by atoms with Crippen LogP contribution in [-0.2, 0) is 0 Å². The second-order valence-corrected chi connectivity index (χ2v) is 8.47. The molecule has 0 aliphatic heterocycles. The number of nitro benzene ring substituents is 1. The number of hydrogen-bond acceptors (Lipinski definition) is 5. The first-order valence-electron chi connectivity index (χ1n) is 10.9. The van der Waals surface area contributed by atoms with E-state index in [0.717, 1.165) is 17.0 Å². The molecule has 2 aliphatic rings. The summed E-state index contributed by atoms with van der Waals surface area (Å²) in [7, 11) is 0. The minimum absolute atomic E-state index is 0.0283. The van der Waals surface area contributed by atoms with Gasteiger partial charge in [0.25, 0.3) is 5.69 Å². The number of carbonyl (C=O) groups is 2. The number of Topliss-reactive ketones (excluding diaryl/α,β-unsaturated/α-hetero) is 2. The molecule has 2 aromatic carbocycles. The van der Waals surface area contributed by atoms with E-state index in [1.165, 1.54) is 12.1 Å². The quantitative estimate of drug-likeness (QED) is 0.310. The second-order valence-electron chi connectivity index (χ2n) is 8.47. The summed E-state index contributed by atoms with van der Waals surface area (Å²) in [6.07, 6.45) is 7.02. The zero-order chi connectivity index (χ0) is 24.0. The van der Waals surface area contributed by atoms with Crippen molar-refractivity contribution in [1.82, 2.24) is 4.57 Å². The molecule has 3 aromatic rings. The van der Waals surface area contributed by atoms with Gasteiger partial charge in [-0.25, -0.2) is 0 Å². The number of aryl methyl sites for hydroxylation is 1. The van der Waals surface area contributed by atoms with E-state index in [1.807, 2.05) is 30.5 Å². The van der Waals surface area contributed by atoms with E-state index < -0.39 is 16.8 Å². The van der Waals surface area contributed by atoms with Gasteiger partial charge in [-0.1, -0.05) is 36.4 Å². The van der Waals surface area contributed by atoms with Gasteiger partial charge in [-0.05, 0) is 38.1 Å². The predicted octanol–water partition coefficient (Wildman–Crippen LogP) is 5.19.